The number of hydrogen-bond acceptors (Lipinski definition) is 9. The normalized spacial score (nSPS) is 22.8. The van der Waals surface area contributed by atoms with Crippen LogP contribution < -0.4 is 16.0 Å². The van der Waals surface area contributed by atoms with Crippen LogP contribution in [0.3, 0.4) is 0 Å². The van der Waals surface area contributed by atoms with E-state index in [1.54, 1.807) is 12.2 Å². The Labute approximate surface area is 227 Å². The number of imidazole rings is 1. The minimum Gasteiger partial charge on any atom is -0.377 e. The minimum absolute atomic E-state index is 0.0134. The van der Waals surface area contributed by atoms with Gasteiger partial charge < -0.3 is 19.5 Å². The van der Waals surface area contributed by atoms with Crippen molar-refractivity contribution in [2.75, 3.05) is 30.0 Å². The Hall–Kier alpha value is -3.68. The summed E-state index contributed by atoms with van der Waals surface area (Å²) in [6.45, 7) is 6.04. The average Bonchev–Trinajstić information content (AvgIpc) is 3.47. The van der Waals surface area contributed by atoms with Gasteiger partial charge >= 0.3 is 11.9 Å². The number of fused-ring (bicyclic) bond motifs is 1. The largest absolute Gasteiger partial charge is 0.439 e. The summed E-state index contributed by atoms with van der Waals surface area (Å²) in [5.74, 6) is -0.369. The van der Waals surface area contributed by atoms with Crippen molar-refractivity contribution in [3.63, 3.8) is 0 Å². The number of aromatic amines is 1. The molecule has 2 aliphatic carbocycles. The molecule has 3 aliphatic rings. The summed E-state index contributed by atoms with van der Waals surface area (Å²) in [7, 11) is 0. The highest BCUT2D eigenvalue weighted by Crippen LogP contribution is 2.37. The summed E-state index contributed by atoms with van der Waals surface area (Å²) in [6.07, 6.45) is 3.40. The first kappa shape index (κ1) is 26.5. The van der Waals surface area contributed by atoms with Gasteiger partial charge in [-0.3, -0.25) is 9.51 Å². The third-order valence-corrected chi connectivity index (χ3v) is 8.02. The van der Waals surface area contributed by atoms with Crippen LogP contribution in [0.4, 0.5) is 24.9 Å². The molecule has 3 aromatic rings. The number of hydrogen-bond donors (Lipinski definition) is 2. The van der Waals surface area contributed by atoms with Gasteiger partial charge in [0.25, 0.3) is 0 Å². The lowest BCUT2D eigenvalue weighted by atomic mass is 9.80. The topological polar surface area (TPSA) is 127 Å². The molecular weight excluding hydrogens is 529 g/mol. The van der Waals surface area contributed by atoms with Gasteiger partial charge in [0, 0.05) is 12.6 Å². The smallest absolute Gasteiger partial charge is 0.377 e. The van der Waals surface area contributed by atoms with Crippen molar-refractivity contribution in [2.45, 2.75) is 64.3 Å². The maximum absolute atomic E-state index is 13.3. The molecule has 1 aliphatic heterocycles. The average molecular weight is 561 g/mol. The quantitative estimate of drug-likeness (QED) is 0.440. The van der Waals surface area contributed by atoms with Crippen LogP contribution in [0, 0.1) is 11.8 Å². The maximum Gasteiger partial charge on any atom is 0.439 e. The molecule has 11 nitrogen and oxygen atoms in total. The zero-order valence-corrected chi connectivity index (χ0v) is 22.2. The Bertz CT molecular complexity index is 1500. The first-order chi connectivity index (χ1) is 19.2. The fraction of sp³-hybridized carbons (Fsp3) is 0.577. The van der Waals surface area contributed by atoms with Crippen LogP contribution in [0.15, 0.2) is 33.1 Å². The Morgan fingerprint density at radius 2 is 2.08 bits per heavy atom. The number of nitrogens with zero attached hydrogens (tertiary/aromatic N) is 6. The summed E-state index contributed by atoms with van der Waals surface area (Å²) >= 11 is 0. The Morgan fingerprint density at radius 3 is 2.70 bits per heavy atom. The van der Waals surface area contributed by atoms with Gasteiger partial charge in [0.1, 0.15) is 5.52 Å². The third kappa shape index (κ3) is 5.11. The van der Waals surface area contributed by atoms with Crippen molar-refractivity contribution in [1.29, 1.82) is 0 Å². The van der Waals surface area contributed by atoms with Gasteiger partial charge in [0.05, 0.1) is 31.7 Å². The van der Waals surface area contributed by atoms with Crippen molar-refractivity contribution in [2.24, 2.45) is 11.8 Å². The van der Waals surface area contributed by atoms with Gasteiger partial charge in [-0.1, -0.05) is 29.8 Å². The van der Waals surface area contributed by atoms with E-state index in [4.69, 9.17) is 14.7 Å². The number of nitrogens with one attached hydrogen (secondary N) is 2. The van der Waals surface area contributed by atoms with E-state index >= 15 is 0 Å². The van der Waals surface area contributed by atoms with Gasteiger partial charge in [0.15, 0.2) is 11.5 Å². The van der Waals surface area contributed by atoms with Crippen LogP contribution in [-0.4, -0.2) is 67.7 Å². The Morgan fingerprint density at radius 1 is 1.25 bits per heavy atom. The molecule has 0 bridgehead atoms. The minimum atomic E-state index is -4.28. The molecule has 0 radical (unpaired) electrons. The van der Waals surface area contributed by atoms with Crippen LogP contribution >= 0.6 is 0 Å². The van der Waals surface area contributed by atoms with Gasteiger partial charge in [0.2, 0.25) is 17.6 Å². The fourth-order valence-electron chi connectivity index (χ4n) is 5.43. The number of alkyl halides is 3. The molecule has 40 heavy (non-hydrogen) atoms. The van der Waals surface area contributed by atoms with E-state index in [2.05, 4.69) is 36.8 Å². The molecule has 0 aromatic carbocycles. The predicted molar refractivity (Wildman–Crippen MR) is 141 cm³/mol. The molecule has 3 aromatic heterocycles. The van der Waals surface area contributed by atoms with Gasteiger partial charge in [-0.15, -0.1) is 0 Å². The highest BCUT2D eigenvalue weighted by molar-refractivity contribution is 5.87. The van der Waals surface area contributed by atoms with E-state index in [1.807, 2.05) is 11.5 Å². The lowest BCUT2D eigenvalue weighted by Gasteiger charge is -2.34. The zero-order valence-electron chi connectivity index (χ0n) is 22.2. The van der Waals surface area contributed by atoms with E-state index in [1.165, 1.54) is 12.5 Å². The van der Waals surface area contributed by atoms with E-state index < -0.39 is 17.9 Å². The van der Waals surface area contributed by atoms with Crippen molar-refractivity contribution in [1.82, 2.24) is 29.7 Å². The number of anilines is 2. The molecule has 6 rings (SSSR count). The van der Waals surface area contributed by atoms with Crippen molar-refractivity contribution >= 4 is 22.9 Å². The number of allylic oxidation sites excluding steroid dienone is 4. The zero-order chi connectivity index (χ0) is 28.0. The van der Waals surface area contributed by atoms with Crippen molar-refractivity contribution < 1.29 is 22.4 Å². The standard InChI is InChI=1S/C26H31F3N8O3/c1-14-13-39-11-10-36(14)24-33-21-19(37(24)12-16-6-8-18(9-7-16)26(27,28)29)20(30-15(2)17-4-3-5-17)31-22(32-21)23-34-25(38)40-35-23/h6-8,14-15,17-18H,3-5,9-13H2,1-2H3,(H,30,31,32)(H,34,35,38). The van der Waals surface area contributed by atoms with Crippen LogP contribution in [0.5, 0.6) is 0 Å². The Balaban J connectivity index is 1.47. The molecule has 2 N–H and O–H groups in total. The van der Waals surface area contributed by atoms with Gasteiger partial charge in [-0.25, -0.2) is 14.8 Å². The second-order valence-corrected chi connectivity index (χ2v) is 10.8. The predicted octanol–water partition coefficient (Wildman–Crippen LogP) is 4.06. The number of halogens is 3. The summed E-state index contributed by atoms with van der Waals surface area (Å²) in [5, 5.41) is 7.30. The second-order valence-electron chi connectivity index (χ2n) is 10.8. The molecule has 3 atom stereocenters. The molecule has 4 heterocycles. The summed E-state index contributed by atoms with van der Waals surface area (Å²) in [6, 6.07) is 0.117. The number of H-pyrrole nitrogens is 1. The van der Waals surface area contributed by atoms with Crippen molar-refractivity contribution in [3.8, 4) is 11.6 Å². The van der Waals surface area contributed by atoms with E-state index in [0.29, 0.717) is 48.6 Å². The lowest BCUT2D eigenvalue weighted by molar-refractivity contribution is -0.160. The molecule has 1 saturated carbocycles. The monoisotopic (exact) mass is 560 g/mol. The molecule has 214 valence electrons. The molecule has 14 heteroatoms. The molecule has 0 spiro atoms. The highest BCUT2D eigenvalue weighted by atomic mass is 19.4. The first-order valence-electron chi connectivity index (χ1n) is 13.6. The van der Waals surface area contributed by atoms with Crippen LogP contribution in [0.25, 0.3) is 22.8 Å². The highest BCUT2D eigenvalue weighted by Gasteiger charge is 2.38. The number of morpholine rings is 1. The number of aromatic nitrogens is 6. The lowest BCUT2D eigenvalue weighted by Crippen LogP contribution is -2.45. The van der Waals surface area contributed by atoms with Crippen LogP contribution in [0.1, 0.15) is 39.5 Å². The molecule has 0 amide bonds. The Kier molecular flexibility index (Phi) is 6.88. The first-order valence-corrected chi connectivity index (χ1v) is 13.6. The van der Waals surface area contributed by atoms with Gasteiger partial charge in [-0.05, 0) is 44.6 Å². The third-order valence-electron chi connectivity index (χ3n) is 8.02. The van der Waals surface area contributed by atoms with Gasteiger partial charge in [-0.2, -0.15) is 18.2 Å². The molecule has 2 fully saturated rings. The fourth-order valence-corrected chi connectivity index (χ4v) is 5.43. The number of ether oxygens (including phenoxy) is 1. The van der Waals surface area contributed by atoms with E-state index in [-0.39, 0.29) is 36.7 Å². The van der Waals surface area contributed by atoms with Crippen LogP contribution in [0.2, 0.25) is 0 Å². The maximum atomic E-state index is 13.3. The molecular formula is C26H31F3N8O3. The summed E-state index contributed by atoms with van der Waals surface area (Å²) < 4.78 is 52.1. The van der Waals surface area contributed by atoms with Crippen LogP contribution in [-0.2, 0) is 11.3 Å². The van der Waals surface area contributed by atoms with E-state index in [0.717, 1.165) is 18.4 Å². The van der Waals surface area contributed by atoms with Crippen molar-refractivity contribution in [3.05, 3.63) is 34.4 Å². The molecule has 3 unspecified atom stereocenters. The SMILES string of the molecule is CC(Nc1nc(-c2noc(=O)[nH]2)nc2nc(N3CCOCC3C)n(CC3=CCC(C(F)(F)F)C=C3)c12)C1CCC1. The number of rotatable bonds is 7. The van der Waals surface area contributed by atoms with E-state index in [9.17, 15) is 18.0 Å². The summed E-state index contributed by atoms with van der Waals surface area (Å²) in [4.78, 5) is 30.5. The second kappa shape index (κ2) is 10.4. The summed E-state index contributed by atoms with van der Waals surface area (Å²) in [5.41, 5.74) is 1.74. The molecule has 1 saturated heterocycles.